The third-order valence-electron chi connectivity index (χ3n) is 5.79. The van der Waals surface area contributed by atoms with Crippen LogP contribution in [0.4, 0.5) is 16.2 Å². The van der Waals surface area contributed by atoms with Crippen molar-refractivity contribution in [3.63, 3.8) is 0 Å². The lowest BCUT2D eigenvalue weighted by Crippen LogP contribution is -2.27. The predicted octanol–water partition coefficient (Wildman–Crippen LogP) is 2.93. The first-order chi connectivity index (χ1) is 15.5. The zero-order valence-corrected chi connectivity index (χ0v) is 17.9. The van der Waals surface area contributed by atoms with Gasteiger partial charge in [-0.25, -0.2) is 9.37 Å². The number of amides is 1. The Labute approximate surface area is 184 Å². The number of hydrogen-bond acceptors (Lipinski definition) is 7. The second-order valence-electron chi connectivity index (χ2n) is 7.92. The summed E-state index contributed by atoms with van der Waals surface area (Å²) in [6.07, 6.45) is 2.51. The monoisotopic (exact) mass is 434 g/mol. The normalized spacial score (nSPS) is 17.5. The molecule has 9 heteroatoms. The molecule has 1 amide bonds. The number of aryl methyl sites for hydroxylation is 1. The van der Waals surface area contributed by atoms with Gasteiger partial charge in [-0.05, 0) is 38.1 Å². The Hall–Kier alpha value is -3.59. The van der Waals surface area contributed by atoms with Gasteiger partial charge in [0.1, 0.15) is 17.4 Å². The van der Waals surface area contributed by atoms with Gasteiger partial charge in [0.2, 0.25) is 5.95 Å². The highest BCUT2D eigenvalue weighted by Crippen LogP contribution is 2.38. The van der Waals surface area contributed by atoms with Gasteiger partial charge in [0.25, 0.3) is 5.91 Å². The van der Waals surface area contributed by atoms with Crippen molar-refractivity contribution in [1.82, 2.24) is 20.3 Å². The maximum absolute atomic E-state index is 14.8. The highest BCUT2D eigenvalue weighted by atomic mass is 19.1. The number of halogens is 1. The van der Waals surface area contributed by atoms with Crippen molar-refractivity contribution >= 4 is 17.7 Å². The van der Waals surface area contributed by atoms with Crippen molar-refractivity contribution in [3.8, 4) is 17.0 Å². The Kier molecular flexibility index (Phi) is 5.18. The zero-order chi connectivity index (χ0) is 22.2. The molecule has 1 aromatic carbocycles. The molecule has 5 rings (SSSR count). The first-order valence-electron chi connectivity index (χ1n) is 10.5. The summed E-state index contributed by atoms with van der Waals surface area (Å²) in [6.45, 7) is 3.90. The number of nitrogens with zero attached hydrogens (tertiary/aromatic N) is 4. The molecule has 0 saturated carbocycles. The Balaban J connectivity index is 1.52. The van der Waals surface area contributed by atoms with E-state index in [1.807, 2.05) is 6.92 Å². The van der Waals surface area contributed by atoms with Crippen LogP contribution in [0.3, 0.4) is 0 Å². The molecule has 0 bridgehead atoms. The molecule has 3 aromatic rings. The summed E-state index contributed by atoms with van der Waals surface area (Å²) < 4.78 is 20.1. The summed E-state index contributed by atoms with van der Waals surface area (Å²) >= 11 is 0. The van der Waals surface area contributed by atoms with Crippen molar-refractivity contribution in [1.29, 1.82) is 0 Å². The molecule has 0 spiro atoms. The number of ether oxygens (including phenoxy) is 1. The maximum atomic E-state index is 14.8. The molecule has 2 aliphatic heterocycles. The SMILES string of the molecule is COc1cccc(F)c1-c1nccc2c1CN(c1cc(C)nc(N[C@H]3CCNC3)n1)C2=O. The topological polar surface area (TPSA) is 92.3 Å². The third kappa shape index (κ3) is 3.54. The predicted molar refractivity (Wildman–Crippen MR) is 118 cm³/mol. The highest BCUT2D eigenvalue weighted by molar-refractivity contribution is 6.10. The van der Waals surface area contributed by atoms with Crippen LogP contribution in [0, 0.1) is 12.7 Å². The first-order valence-corrected chi connectivity index (χ1v) is 10.5. The Bertz CT molecular complexity index is 1200. The molecule has 2 N–H and O–H groups in total. The van der Waals surface area contributed by atoms with Gasteiger partial charge in [0.15, 0.2) is 0 Å². The molecule has 0 unspecified atom stereocenters. The number of rotatable bonds is 5. The van der Waals surface area contributed by atoms with E-state index in [1.54, 1.807) is 29.2 Å². The first kappa shape index (κ1) is 20.3. The van der Waals surface area contributed by atoms with E-state index in [1.165, 1.54) is 19.4 Å². The van der Waals surface area contributed by atoms with Crippen LogP contribution in [-0.2, 0) is 6.54 Å². The van der Waals surface area contributed by atoms with E-state index >= 15 is 0 Å². The van der Waals surface area contributed by atoms with Gasteiger partial charge in [-0.2, -0.15) is 4.98 Å². The number of pyridine rings is 1. The number of hydrogen-bond donors (Lipinski definition) is 2. The minimum Gasteiger partial charge on any atom is -0.496 e. The van der Waals surface area contributed by atoms with E-state index in [4.69, 9.17) is 4.74 Å². The van der Waals surface area contributed by atoms with Crippen LogP contribution in [0.25, 0.3) is 11.3 Å². The summed E-state index contributed by atoms with van der Waals surface area (Å²) in [4.78, 5) is 28.3. The van der Waals surface area contributed by atoms with Gasteiger partial charge in [0, 0.05) is 41.7 Å². The standard InChI is InChI=1S/C23H23FN6O2/c1-13-10-19(29-23(27-13)28-14-6-8-25-11-14)30-12-16-15(22(30)31)7-9-26-21(16)20-17(24)4-3-5-18(20)32-2/h3-5,7,9-10,14,25H,6,8,11-12H2,1-2H3,(H,27,28,29)/t14-/m0/s1. The summed E-state index contributed by atoms with van der Waals surface area (Å²) in [5, 5.41) is 6.64. The van der Waals surface area contributed by atoms with E-state index < -0.39 is 5.82 Å². The van der Waals surface area contributed by atoms with Gasteiger partial charge in [-0.1, -0.05) is 6.07 Å². The fraction of sp³-hybridized carbons (Fsp3) is 0.304. The van der Waals surface area contributed by atoms with Crippen molar-refractivity contribution in [2.24, 2.45) is 0 Å². The maximum Gasteiger partial charge on any atom is 0.260 e. The lowest BCUT2D eigenvalue weighted by atomic mass is 10.0. The van der Waals surface area contributed by atoms with E-state index in [2.05, 4.69) is 25.6 Å². The largest absolute Gasteiger partial charge is 0.496 e. The molecule has 0 aliphatic carbocycles. The van der Waals surface area contributed by atoms with Gasteiger partial charge < -0.3 is 15.4 Å². The molecular weight excluding hydrogens is 411 g/mol. The van der Waals surface area contributed by atoms with Gasteiger partial charge in [-0.15, -0.1) is 0 Å². The molecule has 1 saturated heterocycles. The molecule has 8 nitrogen and oxygen atoms in total. The summed E-state index contributed by atoms with van der Waals surface area (Å²) in [7, 11) is 1.48. The van der Waals surface area contributed by atoms with Gasteiger partial charge in [-0.3, -0.25) is 14.7 Å². The highest BCUT2D eigenvalue weighted by Gasteiger charge is 2.34. The Morgan fingerprint density at radius 1 is 1.28 bits per heavy atom. The molecule has 0 radical (unpaired) electrons. The summed E-state index contributed by atoms with van der Waals surface area (Å²) in [5.74, 6) is 0.702. The van der Waals surface area contributed by atoms with Gasteiger partial charge in [0.05, 0.1) is 24.9 Å². The van der Waals surface area contributed by atoms with Crippen LogP contribution in [-0.4, -0.2) is 47.1 Å². The van der Waals surface area contributed by atoms with Crippen molar-refractivity contribution < 1.29 is 13.9 Å². The zero-order valence-electron chi connectivity index (χ0n) is 17.9. The number of benzene rings is 1. The number of aromatic nitrogens is 3. The number of carbonyl (C=O) groups excluding carboxylic acids is 1. The molecule has 2 aliphatic rings. The number of methoxy groups -OCH3 is 1. The fourth-order valence-electron chi connectivity index (χ4n) is 4.25. The number of anilines is 2. The fourth-order valence-corrected chi connectivity index (χ4v) is 4.25. The third-order valence-corrected chi connectivity index (χ3v) is 5.79. The lowest BCUT2D eigenvalue weighted by molar-refractivity contribution is 0.0996. The average molecular weight is 434 g/mol. The molecule has 1 atom stereocenters. The minimum absolute atomic E-state index is 0.203. The number of fused-ring (bicyclic) bond motifs is 1. The van der Waals surface area contributed by atoms with E-state index in [-0.39, 0.29) is 24.1 Å². The smallest absolute Gasteiger partial charge is 0.260 e. The van der Waals surface area contributed by atoms with E-state index in [0.29, 0.717) is 34.3 Å². The Morgan fingerprint density at radius 2 is 2.16 bits per heavy atom. The molecular formula is C23H23FN6O2. The van der Waals surface area contributed by atoms with Crippen LogP contribution < -0.4 is 20.3 Å². The molecule has 32 heavy (non-hydrogen) atoms. The summed E-state index contributed by atoms with van der Waals surface area (Å²) in [5.41, 5.74) is 2.52. The van der Waals surface area contributed by atoms with Crippen LogP contribution in [0.2, 0.25) is 0 Å². The lowest BCUT2D eigenvalue weighted by Gasteiger charge is -2.18. The van der Waals surface area contributed by atoms with Crippen molar-refractivity contribution in [2.45, 2.75) is 25.9 Å². The number of nitrogens with one attached hydrogen (secondary N) is 2. The van der Waals surface area contributed by atoms with Crippen LogP contribution in [0.5, 0.6) is 5.75 Å². The molecule has 4 heterocycles. The van der Waals surface area contributed by atoms with Crippen molar-refractivity contribution in [3.05, 3.63) is 59.2 Å². The van der Waals surface area contributed by atoms with Crippen LogP contribution in [0.1, 0.15) is 28.0 Å². The molecule has 1 fully saturated rings. The van der Waals surface area contributed by atoms with Crippen molar-refractivity contribution in [2.75, 3.05) is 30.4 Å². The molecule has 164 valence electrons. The second kappa shape index (κ2) is 8.16. The molecule has 2 aromatic heterocycles. The number of carbonyl (C=O) groups is 1. The van der Waals surface area contributed by atoms with Crippen LogP contribution in [0.15, 0.2) is 36.5 Å². The summed E-state index contributed by atoms with van der Waals surface area (Å²) in [6, 6.07) is 8.30. The average Bonchev–Trinajstić information content (AvgIpc) is 3.41. The second-order valence-corrected chi connectivity index (χ2v) is 7.92. The van der Waals surface area contributed by atoms with E-state index in [9.17, 15) is 9.18 Å². The minimum atomic E-state index is -0.453. The Morgan fingerprint density at radius 3 is 2.94 bits per heavy atom. The van der Waals surface area contributed by atoms with Gasteiger partial charge >= 0.3 is 0 Å². The van der Waals surface area contributed by atoms with E-state index in [0.717, 1.165) is 25.2 Å². The van der Waals surface area contributed by atoms with Crippen LogP contribution >= 0.6 is 0 Å². The quantitative estimate of drug-likeness (QED) is 0.638.